The highest BCUT2D eigenvalue weighted by Crippen LogP contribution is 2.28. The summed E-state index contributed by atoms with van der Waals surface area (Å²) in [6.45, 7) is 6.28. The maximum atomic E-state index is 12.8. The minimum atomic E-state index is -3.65. The van der Waals surface area contributed by atoms with E-state index < -0.39 is 15.9 Å². The van der Waals surface area contributed by atoms with Gasteiger partial charge in [-0.2, -0.15) is 4.31 Å². The average molecular weight is 482 g/mol. The Balaban J connectivity index is 1.92. The Morgan fingerprint density at radius 1 is 1.18 bits per heavy atom. The molecule has 0 fully saturated rings. The molecule has 148 valence electrons. The van der Waals surface area contributed by atoms with Crippen molar-refractivity contribution in [3.63, 3.8) is 0 Å². The van der Waals surface area contributed by atoms with Gasteiger partial charge in [-0.15, -0.1) is 0 Å². The van der Waals surface area contributed by atoms with Crippen molar-refractivity contribution in [1.82, 2.24) is 9.29 Å². The number of carbonyl (C=O) groups is 1. The lowest BCUT2D eigenvalue weighted by atomic mass is 10.2. The predicted molar refractivity (Wildman–Crippen MR) is 117 cm³/mol. The second kappa shape index (κ2) is 8.28. The van der Waals surface area contributed by atoms with Crippen LogP contribution in [-0.4, -0.2) is 36.7 Å². The SMILES string of the molecule is CCN(CC)S(=O)(=O)c1ccc(Br)c(C(=O)Nc2nc3ccc(C)cc3s2)c1. The molecule has 0 saturated carbocycles. The van der Waals surface area contributed by atoms with E-state index in [9.17, 15) is 13.2 Å². The highest BCUT2D eigenvalue weighted by Gasteiger charge is 2.24. The summed E-state index contributed by atoms with van der Waals surface area (Å²) in [4.78, 5) is 17.3. The highest BCUT2D eigenvalue weighted by molar-refractivity contribution is 9.10. The smallest absolute Gasteiger partial charge is 0.258 e. The third-order valence-corrected chi connectivity index (χ3v) is 7.96. The molecule has 28 heavy (non-hydrogen) atoms. The predicted octanol–water partition coefficient (Wildman–Crippen LogP) is 4.65. The van der Waals surface area contributed by atoms with E-state index in [0.29, 0.717) is 22.7 Å². The summed E-state index contributed by atoms with van der Waals surface area (Å²) < 4.78 is 28.4. The first-order chi connectivity index (χ1) is 13.3. The minimum absolute atomic E-state index is 0.0875. The lowest BCUT2D eigenvalue weighted by molar-refractivity contribution is 0.102. The number of rotatable bonds is 6. The number of fused-ring (bicyclic) bond motifs is 1. The first kappa shape index (κ1) is 20.9. The second-order valence-electron chi connectivity index (χ2n) is 6.18. The maximum absolute atomic E-state index is 12.8. The quantitative estimate of drug-likeness (QED) is 0.555. The molecule has 9 heteroatoms. The summed E-state index contributed by atoms with van der Waals surface area (Å²) in [6.07, 6.45) is 0. The number of hydrogen-bond acceptors (Lipinski definition) is 5. The van der Waals surface area contributed by atoms with Gasteiger partial charge >= 0.3 is 0 Å². The number of nitrogens with one attached hydrogen (secondary N) is 1. The Hall–Kier alpha value is -1.81. The monoisotopic (exact) mass is 481 g/mol. The van der Waals surface area contributed by atoms with E-state index in [1.54, 1.807) is 19.9 Å². The van der Waals surface area contributed by atoms with Gasteiger partial charge in [-0.25, -0.2) is 13.4 Å². The van der Waals surface area contributed by atoms with Crippen LogP contribution in [0, 0.1) is 6.92 Å². The number of halogens is 1. The van der Waals surface area contributed by atoms with Crippen LogP contribution in [-0.2, 0) is 10.0 Å². The van der Waals surface area contributed by atoms with Gasteiger partial charge < -0.3 is 0 Å². The van der Waals surface area contributed by atoms with Crippen molar-refractivity contribution in [3.05, 3.63) is 52.0 Å². The summed E-state index contributed by atoms with van der Waals surface area (Å²) in [5.41, 5.74) is 2.16. The number of thiazole rings is 1. The topological polar surface area (TPSA) is 79.4 Å². The van der Waals surface area contributed by atoms with Gasteiger partial charge in [0.2, 0.25) is 10.0 Å². The van der Waals surface area contributed by atoms with Crippen molar-refractivity contribution < 1.29 is 13.2 Å². The molecule has 0 spiro atoms. The van der Waals surface area contributed by atoms with Gasteiger partial charge in [-0.1, -0.05) is 31.3 Å². The van der Waals surface area contributed by atoms with Gasteiger partial charge in [0.1, 0.15) is 0 Å². The molecule has 6 nitrogen and oxygen atoms in total. The summed E-state index contributed by atoms with van der Waals surface area (Å²) in [5.74, 6) is -0.417. The van der Waals surface area contributed by atoms with Crippen LogP contribution < -0.4 is 5.32 Å². The maximum Gasteiger partial charge on any atom is 0.258 e. The fraction of sp³-hybridized carbons (Fsp3) is 0.263. The largest absolute Gasteiger partial charge is 0.298 e. The first-order valence-electron chi connectivity index (χ1n) is 8.74. The number of amides is 1. The van der Waals surface area contributed by atoms with Crippen LogP contribution in [0.2, 0.25) is 0 Å². The van der Waals surface area contributed by atoms with Crippen molar-refractivity contribution in [2.75, 3.05) is 18.4 Å². The van der Waals surface area contributed by atoms with Crippen LogP contribution >= 0.6 is 27.3 Å². The molecular formula is C19H20BrN3O3S2. The Bertz CT molecular complexity index is 1140. The molecule has 3 rings (SSSR count). The number of sulfonamides is 1. The van der Waals surface area contributed by atoms with E-state index in [2.05, 4.69) is 26.2 Å². The zero-order valence-electron chi connectivity index (χ0n) is 15.7. The van der Waals surface area contributed by atoms with E-state index in [1.807, 2.05) is 25.1 Å². The standard InChI is InChI=1S/C19H20BrN3O3S2/c1-4-23(5-2)28(25,26)13-7-8-15(20)14(11-13)18(24)22-19-21-16-9-6-12(3)10-17(16)27-19/h6-11H,4-5H2,1-3H3,(H,21,22,24). The molecule has 1 aromatic heterocycles. The van der Waals surface area contributed by atoms with E-state index >= 15 is 0 Å². The Labute approximate surface area is 176 Å². The van der Waals surface area contributed by atoms with Crippen molar-refractivity contribution in [1.29, 1.82) is 0 Å². The molecule has 1 heterocycles. The number of aromatic nitrogens is 1. The van der Waals surface area contributed by atoms with Gasteiger partial charge in [0.05, 0.1) is 20.7 Å². The molecule has 3 aromatic rings. The fourth-order valence-corrected chi connectivity index (χ4v) is 5.67. The van der Waals surface area contributed by atoms with Crippen LogP contribution in [0.4, 0.5) is 5.13 Å². The van der Waals surface area contributed by atoms with Crippen LogP contribution in [0.1, 0.15) is 29.8 Å². The molecular weight excluding hydrogens is 462 g/mol. The third-order valence-electron chi connectivity index (χ3n) is 4.29. The lowest BCUT2D eigenvalue weighted by Crippen LogP contribution is -2.30. The molecule has 0 radical (unpaired) electrons. The summed E-state index contributed by atoms with van der Waals surface area (Å²) in [5, 5.41) is 3.24. The number of anilines is 1. The van der Waals surface area contributed by atoms with Crippen molar-refractivity contribution in [3.8, 4) is 0 Å². The molecule has 2 aromatic carbocycles. The fourth-order valence-electron chi connectivity index (χ4n) is 2.80. The van der Waals surface area contributed by atoms with Gasteiger partial charge in [0, 0.05) is 17.6 Å². The molecule has 0 aliphatic heterocycles. The summed E-state index contributed by atoms with van der Waals surface area (Å²) in [6, 6.07) is 10.3. The van der Waals surface area contributed by atoms with Crippen LogP contribution in [0.3, 0.4) is 0 Å². The lowest BCUT2D eigenvalue weighted by Gasteiger charge is -2.19. The van der Waals surface area contributed by atoms with Crippen molar-refractivity contribution >= 4 is 58.5 Å². The summed E-state index contributed by atoms with van der Waals surface area (Å²) in [7, 11) is -3.65. The van der Waals surface area contributed by atoms with E-state index in [4.69, 9.17) is 0 Å². The van der Waals surface area contributed by atoms with Crippen LogP contribution in [0.15, 0.2) is 45.8 Å². The van der Waals surface area contributed by atoms with Gasteiger partial charge in [-0.05, 0) is 58.7 Å². The number of hydrogen-bond donors (Lipinski definition) is 1. The van der Waals surface area contributed by atoms with Gasteiger partial charge in [0.25, 0.3) is 5.91 Å². The van der Waals surface area contributed by atoms with E-state index in [1.165, 1.54) is 27.8 Å². The molecule has 0 aliphatic carbocycles. The molecule has 1 N–H and O–H groups in total. The van der Waals surface area contributed by atoms with Crippen molar-refractivity contribution in [2.24, 2.45) is 0 Å². The normalized spacial score (nSPS) is 11.9. The minimum Gasteiger partial charge on any atom is -0.298 e. The molecule has 0 unspecified atom stereocenters. The van der Waals surface area contributed by atoms with E-state index in [0.717, 1.165) is 15.8 Å². The molecule has 0 aliphatic rings. The second-order valence-corrected chi connectivity index (χ2v) is 10.00. The molecule has 1 amide bonds. The third kappa shape index (κ3) is 4.12. The Morgan fingerprint density at radius 3 is 2.57 bits per heavy atom. The van der Waals surface area contributed by atoms with Crippen LogP contribution in [0.5, 0.6) is 0 Å². The van der Waals surface area contributed by atoms with E-state index in [-0.39, 0.29) is 10.5 Å². The Kier molecular flexibility index (Phi) is 6.18. The highest BCUT2D eigenvalue weighted by atomic mass is 79.9. The number of aryl methyl sites for hydroxylation is 1. The van der Waals surface area contributed by atoms with Crippen LogP contribution in [0.25, 0.3) is 10.2 Å². The van der Waals surface area contributed by atoms with Gasteiger partial charge in [-0.3, -0.25) is 10.1 Å². The average Bonchev–Trinajstić information content (AvgIpc) is 3.03. The summed E-state index contributed by atoms with van der Waals surface area (Å²) >= 11 is 4.72. The molecule has 0 atom stereocenters. The Morgan fingerprint density at radius 2 is 1.89 bits per heavy atom. The first-order valence-corrected chi connectivity index (χ1v) is 11.8. The number of nitrogens with zero attached hydrogens (tertiary/aromatic N) is 2. The zero-order valence-corrected chi connectivity index (χ0v) is 18.9. The molecule has 0 saturated heterocycles. The number of benzene rings is 2. The van der Waals surface area contributed by atoms with Gasteiger partial charge in [0.15, 0.2) is 5.13 Å². The zero-order chi connectivity index (χ0) is 20.5. The number of carbonyl (C=O) groups excluding carboxylic acids is 1. The van der Waals surface area contributed by atoms with Crippen molar-refractivity contribution in [2.45, 2.75) is 25.7 Å². The molecule has 0 bridgehead atoms.